The van der Waals surface area contributed by atoms with Crippen LogP contribution < -0.4 is 9.64 Å². The molecule has 26 heavy (non-hydrogen) atoms. The number of ether oxygens (including phenoxy) is 1. The molecule has 1 aromatic carbocycles. The summed E-state index contributed by atoms with van der Waals surface area (Å²) in [5.41, 5.74) is -0.0226. The molecule has 2 aromatic rings. The van der Waals surface area contributed by atoms with Crippen molar-refractivity contribution in [3.63, 3.8) is 0 Å². The Labute approximate surface area is 152 Å². The van der Waals surface area contributed by atoms with Gasteiger partial charge in [-0.25, -0.2) is 9.37 Å². The van der Waals surface area contributed by atoms with E-state index in [0.29, 0.717) is 5.56 Å². The first-order valence-electron chi connectivity index (χ1n) is 7.39. The summed E-state index contributed by atoms with van der Waals surface area (Å²) in [4.78, 5) is 5.13. The molecule has 2 heterocycles. The Morgan fingerprint density at radius 2 is 1.85 bits per heavy atom. The number of nitrogens with zero attached hydrogens (tertiary/aromatic N) is 2. The number of aromatic nitrogens is 1. The van der Waals surface area contributed by atoms with Gasteiger partial charge in [-0.15, -0.1) is 13.2 Å². The monoisotopic (exact) mass is 440 g/mol. The van der Waals surface area contributed by atoms with Crippen LogP contribution in [0.5, 0.6) is 5.75 Å². The van der Waals surface area contributed by atoms with Crippen molar-refractivity contribution in [3.8, 4) is 5.75 Å². The van der Waals surface area contributed by atoms with E-state index in [4.69, 9.17) is 0 Å². The predicted octanol–water partition coefficient (Wildman–Crippen LogP) is 5.38. The van der Waals surface area contributed by atoms with Gasteiger partial charge in [0.05, 0.1) is 5.69 Å². The minimum absolute atomic E-state index is 0.0439. The maximum atomic E-state index is 14.1. The normalized spacial score (nSPS) is 16.3. The van der Waals surface area contributed by atoms with E-state index in [1.807, 2.05) is 0 Å². The van der Waals surface area contributed by atoms with Crippen LogP contribution in [0.4, 0.5) is 32.0 Å². The maximum Gasteiger partial charge on any atom is 0.573 e. The summed E-state index contributed by atoms with van der Waals surface area (Å²) in [5, 5.41) is 0. The second-order valence-electron chi connectivity index (χ2n) is 5.70. The number of hydrogen-bond donors (Lipinski definition) is 0. The number of hydrogen-bond acceptors (Lipinski definition) is 3. The number of alkyl halides is 5. The SMILES string of the molecule is Fc1cc2c(nc1Br)C(F)(F)CCN2Cc1ccc(OC(F)(F)F)cc1. The van der Waals surface area contributed by atoms with Crippen LogP contribution in [0, 0.1) is 5.82 Å². The molecule has 0 N–H and O–H groups in total. The van der Waals surface area contributed by atoms with Crippen LogP contribution in [-0.4, -0.2) is 17.9 Å². The summed E-state index contributed by atoms with van der Waals surface area (Å²) in [6.07, 6.45) is -5.30. The molecule has 0 spiro atoms. The zero-order valence-electron chi connectivity index (χ0n) is 13.0. The minimum Gasteiger partial charge on any atom is -0.406 e. The number of fused-ring (bicyclic) bond motifs is 1. The third kappa shape index (κ3) is 4.05. The summed E-state index contributed by atoms with van der Waals surface area (Å²) in [6.45, 7) is 0.0572. The number of pyridine rings is 1. The third-order valence-corrected chi connectivity index (χ3v) is 4.38. The van der Waals surface area contributed by atoms with Crippen LogP contribution in [0.1, 0.15) is 17.7 Å². The van der Waals surface area contributed by atoms with Gasteiger partial charge < -0.3 is 9.64 Å². The standard InChI is InChI=1S/C16H11BrF6N2O/c17-14-11(18)7-12-13(24-14)15(19,20)5-6-25(12)8-9-1-3-10(4-2-9)26-16(21,22)23/h1-4,7H,5-6,8H2. The van der Waals surface area contributed by atoms with Gasteiger partial charge in [-0.1, -0.05) is 12.1 Å². The minimum atomic E-state index is -4.80. The van der Waals surface area contributed by atoms with E-state index in [2.05, 4.69) is 25.7 Å². The fourth-order valence-electron chi connectivity index (χ4n) is 2.66. The number of rotatable bonds is 3. The summed E-state index contributed by atoms with van der Waals surface area (Å²) in [6, 6.07) is 6.00. The zero-order chi connectivity index (χ0) is 19.1. The smallest absolute Gasteiger partial charge is 0.406 e. The quantitative estimate of drug-likeness (QED) is 0.473. The maximum absolute atomic E-state index is 14.1. The summed E-state index contributed by atoms with van der Waals surface area (Å²) >= 11 is 2.80. The van der Waals surface area contributed by atoms with E-state index in [1.165, 1.54) is 17.0 Å². The molecule has 3 rings (SSSR count). The van der Waals surface area contributed by atoms with Crippen molar-refractivity contribution in [1.29, 1.82) is 0 Å². The number of anilines is 1. The van der Waals surface area contributed by atoms with Crippen LogP contribution in [0.2, 0.25) is 0 Å². The molecule has 140 valence electrons. The fourth-order valence-corrected chi connectivity index (χ4v) is 2.95. The van der Waals surface area contributed by atoms with Crippen molar-refractivity contribution < 1.29 is 31.1 Å². The van der Waals surface area contributed by atoms with Crippen molar-refractivity contribution in [3.05, 3.63) is 52.0 Å². The Morgan fingerprint density at radius 3 is 2.46 bits per heavy atom. The van der Waals surface area contributed by atoms with Gasteiger partial charge >= 0.3 is 6.36 Å². The predicted molar refractivity (Wildman–Crippen MR) is 84.6 cm³/mol. The molecule has 0 saturated heterocycles. The van der Waals surface area contributed by atoms with E-state index < -0.39 is 30.2 Å². The van der Waals surface area contributed by atoms with Gasteiger partial charge in [0.1, 0.15) is 16.0 Å². The molecule has 1 aromatic heterocycles. The fraction of sp³-hybridized carbons (Fsp3) is 0.312. The Bertz CT molecular complexity index is 810. The second-order valence-corrected chi connectivity index (χ2v) is 6.45. The van der Waals surface area contributed by atoms with Crippen molar-refractivity contribution in [2.75, 3.05) is 11.4 Å². The van der Waals surface area contributed by atoms with Crippen LogP contribution in [0.3, 0.4) is 0 Å². The van der Waals surface area contributed by atoms with Crippen molar-refractivity contribution >= 4 is 21.6 Å². The average molecular weight is 441 g/mol. The van der Waals surface area contributed by atoms with Crippen LogP contribution in [-0.2, 0) is 12.5 Å². The zero-order valence-corrected chi connectivity index (χ0v) is 14.5. The molecule has 0 aliphatic carbocycles. The molecule has 3 nitrogen and oxygen atoms in total. The first-order chi connectivity index (χ1) is 12.0. The highest BCUT2D eigenvalue weighted by atomic mass is 79.9. The topological polar surface area (TPSA) is 25.4 Å². The van der Waals surface area contributed by atoms with Gasteiger partial charge in [0, 0.05) is 25.6 Å². The third-order valence-electron chi connectivity index (χ3n) is 3.83. The van der Waals surface area contributed by atoms with Gasteiger partial charge in [-0.3, -0.25) is 0 Å². The summed E-state index contributed by atoms with van der Waals surface area (Å²) in [7, 11) is 0. The molecule has 0 radical (unpaired) electrons. The van der Waals surface area contributed by atoms with Gasteiger partial charge in [0.25, 0.3) is 5.92 Å². The lowest BCUT2D eigenvalue weighted by Crippen LogP contribution is -2.36. The van der Waals surface area contributed by atoms with E-state index in [-0.39, 0.29) is 29.1 Å². The molecular formula is C16H11BrF6N2O. The van der Waals surface area contributed by atoms with Crippen LogP contribution >= 0.6 is 15.9 Å². The Hall–Kier alpha value is -1.97. The molecule has 1 aliphatic rings. The highest BCUT2D eigenvalue weighted by molar-refractivity contribution is 9.10. The molecule has 0 bridgehead atoms. The highest BCUT2D eigenvalue weighted by Crippen LogP contribution is 2.43. The molecule has 0 fully saturated rings. The van der Waals surface area contributed by atoms with Gasteiger partial charge in [0.15, 0.2) is 5.82 Å². The highest BCUT2D eigenvalue weighted by Gasteiger charge is 2.42. The first kappa shape index (κ1) is 18.8. The van der Waals surface area contributed by atoms with E-state index >= 15 is 0 Å². The molecule has 1 aliphatic heterocycles. The van der Waals surface area contributed by atoms with Gasteiger partial charge in [-0.05, 0) is 33.6 Å². The lowest BCUT2D eigenvalue weighted by atomic mass is 10.0. The van der Waals surface area contributed by atoms with E-state index in [1.54, 1.807) is 0 Å². The Morgan fingerprint density at radius 1 is 1.19 bits per heavy atom. The lowest BCUT2D eigenvalue weighted by molar-refractivity contribution is -0.274. The molecule has 0 unspecified atom stereocenters. The largest absolute Gasteiger partial charge is 0.573 e. The first-order valence-corrected chi connectivity index (χ1v) is 8.18. The molecular weight excluding hydrogens is 430 g/mol. The average Bonchev–Trinajstić information content (AvgIpc) is 2.53. The molecule has 0 saturated carbocycles. The van der Waals surface area contributed by atoms with Crippen molar-refractivity contribution in [2.24, 2.45) is 0 Å². The molecule has 10 heteroatoms. The molecule has 0 amide bonds. The number of benzene rings is 1. The lowest BCUT2D eigenvalue weighted by Gasteiger charge is -2.34. The van der Waals surface area contributed by atoms with E-state index in [0.717, 1.165) is 18.2 Å². The van der Waals surface area contributed by atoms with Crippen molar-refractivity contribution in [1.82, 2.24) is 4.98 Å². The van der Waals surface area contributed by atoms with Crippen molar-refractivity contribution in [2.45, 2.75) is 25.3 Å². The van der Waals surface area contributed by atoms with Gasteiger partial charge in [0.2, 0.25) is 0 Å². The van der Waals surface area contributed by atoms with Gasteiger partial charge in [-0.2, -0.15) is 8.78 Å². The Balaban J connectivity index is 1.84. The Kier molecular flexibility index (Phi) is 4.80. The molecule has 0 atom stereocenters. The number of halogens is 7. The van der Waals surface area contributed by atoms with Crippen LogP contribution in [0.25, 0.3) is 0 Å². The van der Waals surface area contributed by atoms with E-state index in [9.17, 15) is 26.3 Å². The summed E-state index contributed by atoms with van der Waals surface area (Å²) < 4.78 is 81.9. The summed E-state index contributed by atoms with van der Waals surface area (Å²) in [5.74, 6) is -4.35. The second kappa shape index (κ2) is 6.64. The van der Waals surface area contributed by atoms with Crippen LogP contribution in [0.15, 0.2) is 34.9 Å².